The van der Waals surface area contributed by atoms with Gasteiger partial charge < -0.3 is 10.2 Å². The second kappa shape index (κ2) is 10.9. The van der Waals surface area contributed by atoms with Gasteiger partial charge in [0.15, 0.2) is 0 Å². The van der Waals surface area contributed by atoms with Gasteiger partial charge in [0.05, 0.1) is 11.4 Å². The summed E-state index contributed by atoms with van der Waals surface area (Å²) in [5.41, 5.74) is 2.12. The number of halogens is 1. The number of pyridine rings is 1. The monoisotopic (exact) mass is 434 g/mol. The molecule has 0 aliphatic carbocycles. The van der Waals surface area contributed by atoms with Crippen LogP contribution < -0.4 is 10.0 Å². The van der Waals surface area contributed by atoms with E-state index in [-0.39, 0.29) is 23.4 Å². The minimum Gasteiger partial charge on any atom is -0.354 e. The van der Waals surface area contributed by atoms with Crippen molar-refractivity contribution in [3.05, 3.63) is 53.6 Å². The number of rotatable bonds is 9. The fourth-order valence-electron chi connectivity index (χ4n) is 2.72. The van der Waals surface area contributed by atoms with E-state index in [1.165, 1.54) is 19.5 Å². The molecule has 0 fully saturated rings. The van der Waals surface area contributed by atoms with Crippen molar-refractivity contribution in [3.8, 4) is 11.4 Å². The minimum absolute atomic E-state index is 0.0293. The Balaban J connectivity index is 2.31. The Morgan fingerprint density at radius 2 is 2.07 bits per heavy atom. The Kier molecular flexibility index (Phi) is 8.56. The maximum Gasteiger partial charge on any atom is 0.269 e. The molecule has 2 rings (SSSR count). The maximum atomic E-state index is 12.1. The second-order valence-corrected chi connectivity index (χ2v) is 6.98. The molecule has 0 bridgehead atoms. The van der Waals surface area contributed by atoms with E-state index in [0.29, 0.717) is 36.2 Å². The van der Waals surface area contributed by atoms with E-state index >= 15 is 0 Å². The number of thiol groups is 1. The molecule has 1 atom stereocenters. The standard InChI is InChI=1S/C19H23ClN6O2S/c1-4-18(27)26(6-5-24-29)10-12(2)13-7-15(25-17(20)8-13)14-9-16(19(28)21-3)23-11-22-14/h4,7-9,11-12,24,29H,1,5-6,10H2,2-3H3,(H,21,28). The molecule has 0 aliphatic rings. The molecule has 0 aromatic carbocycles. The number of hydrogen-bond acceptors (Lipinski definition) is 7. The summed E-state index contributed by atoms with van der Waals surface area (Å²) in [5, 5.41) is 2.82. The average molecular weight is 435 g/mol. The van der Waals surface area contributed by atoms with Crippen LogP contribution in [0.1, 0.15) is 28.9 Å². The minimum atomic E-state index is -0.319. The number of carbonyl (C=O) groups excluding carboxylic acids is 2. The summed E-state index contributed by atoms with van der Waals surface area (Å²) in [6.07, 6.45) is 2.60. The van der Waals surface area contributed by atoms with E-state index in [9.17, 15) is 9.59 Å². The van der Waals surface area contributed by atoms with Crippen molar-refractivity contribution in [3.63, 3.8) is 0 Å². The van der Waals surface area contributed by atoms with Gasteiger partial charge in [0.25, 0.3) is 5.91 Å². The number of hydrogen-bond donors (Lipinski definition) is 3. The largest absolute Gasteiger partial charge is 0.354 e. The van der Waals surface area contributed by atoms with Crippen molar-refractivity contribution in [2.75, 3.05) is 26.7 Å². The number of nitrogens with one attached hydrogen (secondary N) is 2. The smallest absolute Gasteiger partial charge is 0.269 e. The first-order valence-electron chi connectivity index (χ1n) is 8.89. The number of nitrogens with zero attached hydrogens (tertiary/aromatic N) is 4. The van der Waals surface area contributed by atoms with E-state index in [4.69, 9.17) is 11.6 Å². The van der Waals surface area contributed by atoms with Crippen molar-refractivity contribution in [2.24, 2.45) is 0 Å². The highest BCUT2D eigenvalue weighted by Gasteiger charge is 2.18. The summed E-state index contributed by atoms with van der Waals surface area (Å²) in [6.45, 7) is 7.05. The summed E-state index contributed by atoms with van der Waals surface area (Å²) in [5.74, 6) is -0.509. The highest BCUT2D eigenvalue weighted by Crippen LogP contribution is 2.25. The predicted octanol–water partition coefficient (Wildman–Crippen LogP) is 2.10. The molecule has 2 aromatic rings. The summed E-state index contributed by atoms with van der Waals surface area (Å²) in [6, 6.07) is 5.15. The number of aromatic nitrogens is 3. The zero-order valence-electron chi connectivity index (χ0n) is 16.2. The number of carbonyl (C=O) groups is 2. The van der Waals surface area contributed by atoms with Crippen LogP contribution in [0.4, 0.5) is 0 Å². The average Bonchev–Trinajstić information content (AvgIpc) is 2.74. The zero-order chi connectivity index (χ0) is 21.4. The van der Waals surface area contributed by atoms with Gasteiger partial charge in [-0.05, 0) is 35.8 Å². The molecule has 2 aromatic heterocycles. The van der Waals surface area contributed by atoms with Crippen LogP contribution in [-0.4, -0.2) is 58.3 Å². The summed E-state index contributed by atoms with van der Waals surface area (Å²) >= 11 is 10.2. The van der Waals surface area contributed by atoms with Gasteiger partial charge in [-0.3, -0.25) is 14.3 Å². The molecule has 0 spiro atoms. The van der Waals surface area contributed by atoms with Crippen molar-refractivity contribution in [1.29, 1.82) is 0 Å². The van der Waals surface area contributed by atoms with Crippen LogP contribution in [0.25, 0.3) is 11.4 Å². The third kappa shape index (κ3) is 6.25. The Morgan fingerprint density at radius 1 is 1.31 bits per heavy atom. The second-order valence-electron chi connectivity index (χ2n) is 6.27. The van der Waals surface area contributed by atoms with Gasteiger partial charge in [-0.15, -0.1) is 0 Å². The Hall–Kier alpha value is -2.49. The van der Waals surface area contributed by atoms with Gasteiger partial charge in [0.2, 0.25) is 5.91 Å². The SMILES string of the molecule is C=CC(=O)N(CCNS)CC(C)c1cc(Cl)nc(-c2cc(C(=O)NC)ncn2)c1. The summed E-state index contributed by atoms with van der Waals surface area (Å²) < 4.78 is 2.74. The molecule has 10 heteroatoms. The predicted molar refractivity (Wildman–Crippen MR) is 116 cm³/mol. The lowest BCUT2D eigenvalue weighted by molar-refractivity contribution is -0.126. The molecule has 2 heterocycles. The van der Waals surface area contributed by atoms with Crippen molar-refractivity contribution in [2.45, 2.75) is 12.8 Å². The molecule has 8 nitrogen and oxygen atoms in total. The molecular weight excluding hydrogens is 412 g/mol. The highest BCUT2D eigenvalue weighted by molar-refractivity contribution is 7.78. The quantitative estimate of drug-likeness (QED) is 0.317. The molecule has 0 saturated heterocycles. The first-order valence-corrected chi connectivity index (χ1v) is 9.72. The topological polar surface area (TPSA) is 100 Å². The van der Waals surface area contributed by atoms with Crippen molar-refractivity contribution in [1.82, 2.24) is 29.9 Å². The molecule has 154 valence electrons. The fraction of sp³-hybridized carbons (Fsp3) is 0.316. The van der Waals surface area contributed by atoms with Gasteiger partial charge in [0.1, 0.15) is 17.2 Å². The highest BCUT2D eigenvalue weighted by atomic mass is 35.5. The summed E-state index contributed by atoms with van der Waals surface area (Å²) in [4.78, 5) is 38.1. The first kappa shape index (κ1) is 22.8. The maximum absolute atomic E-state index is 12.1. The van der Waals surface area contributed by atoms with Crippen LogP contribution in [0, 0.1) is 0 Å². The number of amides is 2. The van der Waals surface area contributed by atoms with Crippen LogP contribution in [0.2, 0.25) is 5.15 Å². The molecule has 0 radical (unpaired) electrons. The molecule has 0 saturated carbocycles. The first-order chi connectivity index (χ1) is 13.9. The van der Waals surface area contributed by atoms with E-state index in [1.807, 2.05) is 13.0 Å². The third-order valence-electron chi connectivity index (χ3n) is 4.25. The van der Waals surface area contributed by atoms with E-state index in [0.717, 1.165) is 5.56 Å². The fourth-order valence-corrected chi connectivity index (χ4v) is 3.04. The Bertz CT molecular complexity index is 895. The summed E-state index contributed by atoms with van der Waals surface area (Å²) in [7, 11) is 1.53. The van der Waals surface area contributed by atoms with Gasteiger partial charge in [-0.2, -0.15) is 0 Å². The van der Waals surface area contributed by atoms with Gasteiger partial charge in [0, 0.05) is 26.7 Å². The lowest BCUT2D eigenvalue weighted by atomic mass is 10.00. The molecule has 2 amide bonds. The lowest BCUT2D eigenvalue weighted by Gasteiger charge is -2.25. The Morgan fingerprint density at radius 3 is 2.72 bits per heavy atom. The zero-order valence-corrected chi connectivity index (χ0v) is 17.9. The molecular formula is C19H23ClN6O2S. The van der Waals surface area contributed by atoms with Gasteiger partial charge in [-0.1, -0.05) is 37.9 Å². The lowest BCUT2D eigenvalue weighted by Crippen LogP contribution is -2.36. The molecule has 0 aliphatic heterocycles. The Labute approximate surface area is 180 Å². The van der Waals surface area contributed by atoms with E-state index in [2.05, 4.69) is 44.4 Å². The van der Waals surface area contributed by atoms with E-state index < -0.39 is 0 Å². The van der Waals surface area contributed by atoms with Crippen LogP contribution in [0.15, 0.2) is 37.2 Å². The van der Waals surface area contributed by atoms with Crippen LogP contribution in [-0.2, 0) is 4.79 Å². The van der Waals surface area contributed by atoms with Crippen molar-refractivity contribution >= 4 is 36.2 Å². The van der Waals surface area contributed by atoms with Crippen molar-refractivity contribution < 1.29 is 9.59 Å². The normalized spacial score (nSPS) is 11.6. The molecule has 1 unspecified atom stereocenters. The van der Waals surface area contributed by atoms with E-state index in [1.54, 1.807) is 17.0 Å². The molecule has 29 heavy (non-hydrogen) atoms. The van der Waals surface area contributed by atoms with Crippen LogP contribution in [0.3, 0.4) is 0 Å². The molecule has 2 N–H and O–H groups in total. The third-order valence-corrected chi connectivity index (χ3v) is 4.67. The van der Waals surface area contributed by atoms with Crippen LogP contribution >= 0.6 is 24.4 Å². The van der Waals surface area contributed by atoms with Gasteiger partial charge >= 0.3 is 0 Å². The van der Waals surface area contributed by atoms with Crippen LogP contribution in [0.5, 0.6) is 0 Å². The van der Waals surface area contributed by atoms with Gasteiger partial charge in [-0.25, -0.2) is 15.0 Å².